The van der Waals surface area contributed by atoms with E-state index in [4.69, 9.17) is 30.2 Å². The van der Waals surface area contributed by atoms with E-state index in [2.05, 4.69) is 0 Å². The van der Waals surface area contributed by atoms with Crippen LogP contribution in [-0.4, -0.2) is 57.6 Å². The average molecular weight is 458 g/mol. The number of rotatable bonds is 7. The van der Waals surface area contributed by atoms with E-state index >= 15 is 0 Å². The zero-order valence-electron chi connectivity index (χ0n) is 16.1. The molecule has 1 aliphatic rings. The molecule has 0 atom stereocenters. The molecule has 0 saturated carbocycles. The number of morpholine rings is 1. The summed E-state index contributed by atoms with van der Waals surface area (Å²) in [5, 5.41) is 0.0333. The Labute approximate surface area is 178 Å². The van der Waals surface area contributed by atoms with Gasteiger partial charge in [-0.15, -0.1) is 0 Å². The van der Waals surface area contributed by atoms with Gasteiger partial charge in [0, 0.05) is 13.1 Å². The van der Waals surface area contributed by atoms with Crippen LogP contribution in [0, 0.1) is 0 Å². The summed E-state index contributed by atoms with van der Waals surface area (Å²) in [6, 6.07) is 5.23. The molecule has 1 aliphatic heterocycles. The van der Waals surface area contributed by atoms with E-state index in [0.29, 0.717) is 13.2 Å². The van der Waals surface area contributed by atoms with E-state index in [0.717, 1.165) is 0 Å². The fourth-order valence-electron chi connectivity index (χ4n) is 2.81. The standard InChI is InChI=1S/C19H20ClNO8S/c1-2-27-18(22)14-5-8-28-17(14)12-29-19(23)15-11-13(3-4-16(15)20)30(24,25)21-6-9-26-10-7-21/h3-5,8,11H,2,6-7,9-10,12H2,1H3. The molecular formula is C19H20ClNO8S. The third kappa shape index (κ3) is 4.84. The van der Waals surface area contributed by atoms with Crippen molar-refractivity contribution in [1.82, 2.24) is 4.31 Å². The lowest BCUT2D eigenvalue weighted by Gasteiger charge is -2.26. The van der Waals surface area contributed by atoms with E-state index in [1.54, 1.807) is 6.92 Å². The number of sulfonamides is 1. The number of ether oxygens (including phenoxy) is 3. The summed E-state index contributed by atoms with van der Waals surface area (Å²) < 4.78 is 47.3. The number of furan rings is 1. The molecule has 30 heavy (non-hydrogen) atoms. The van der Waals surface area contributed by atoms with Crippen LogP contribution in [0.1, 0.15) is 33.4 Å². The summed E-state index contributed by atoms with van der Waals surface area (Å²) in [6.07, 6.45) is 1.28. The van der Waals surface area contributed by atoms with Crippen molar-refractivity contribution in [2.45, 2.75) is 18.4 Å². The predicted molar refractivity (Wildman–Crippen MR) is 105 cm³/mol. The van der Waals surface area contributed by atoms with Crippen LogP contribution in [0.5, 0.6) is 0 Å². The van der Waals surface area contributed by atoms with Crippen LogP contribution < -0.4 is 0 Å². The number of benzene rings is 1. The van der Waals surface area contributed by atoms with Crippen molar-refractivity contribution >= 4 is 33.6 Å². The minimum atomic E-state index is -3.81. The first-order chi connectivity index (χ1) is 14.3. The van der Waals surface area contributed by atoms with Gasteiger partial charge in [-0.2, -0.15) is 4.31 Å². The third-order valence-corrected chi connectivity index (χ3v) is 6.56. The van der Waals surface area contributed by atoms with Gasteiger partial charge in [0.2, 0.25) is 10.0 Å². The number of nitrogens with zero attached hydrogens (tertiary/aromatic N) is 1. The van der Waals surface area contributed by atoms with Gasteiger partial charge in [0.15, 0.2) is 12.4 Å². The SMILES string of the molecule is CCOC(=O)c1ccoc1COC(=O)c1cc(S(=O)(=O)N2CCOCC2)ccc1Cl. The second-order valence-electron chi connectivity index (χ2n) is 6.21. The van der Waals surface area contributed by atoms with Gasteiger partial charge in [-0.25, -0.2) is 18.0 Å². The van der Waals surface area contributed by atoms with Crippen LogP contribution in [0.25, 0.3) is 0 Å². The summed E-state index contributed by atoms with van der Waals surface area (Å²) >= 11 is 6.08. The number of halogens is 1. The van der Waals surface area contributed by atoms with Crippen LogP contribution in [0.2, 0.25) is 5.02 Å². The molecular weight excluding hydrogens is 438 g/mol. The summed E-state index contributed by atoms with van der Waals surface area (Å²) in [5.41, 5.74) is 0.0228. The summed E-state index contributed by atoms with van der Waals surface area (Å²) in [4.78, 5) is 24.3. The van der Waals surface area contributed by atoms with Crippen LogP contribution in [-0.2, 0) is 30.8 Å². The van der Waals surface area contributed by atoms with Crippen molar-refractivity contribution in [2.75, 3.05) is 32.9 Å². The minimum absolute atomic E-state index is 0.0333. The highest BCUT2D eigenvalue weighted by Crippen LogP contribution is 2.25. The Balaban J connectivity index is 1.76. The zero-order chi connectivity index (χ0) is 21.7. The van der Waals surface area contributed by atoms with E-state index in [-0.39, 0.29) is 53.1 Å². The molecule has 1 fully saturated rings. The normalized spacial score (nSPS) is 15.0. The van der Waals surface area contributed by atoms with Crippen LogP contribution in [0.4, 0.5) is 0 Å². The van der Waals surface area contributed by atoms with Gasteiger partial charge in [0.1, 0.15) is 5.56 Å². The number of esters is 2. The van der Waals surface area contributed by atoms with E-state index < -0.39 is 22.0 Å². The van der Waals surface area contributed by atoms with Crippen molar-refractivity contribution in [3.8, 4) is 0 Å². The number of carbonyl (C=O) groups is 2. The number of carbonyl (C=O) groups excluding carboxylic acids is 2. The number of hydrogen-bond donors (Lipinski definition) is 0. The van der Waals surface area contributed by atoms with Crippen LogP contribution in [0.3, 0.4) is 0 Å². The van der Waals surface area contributed by atoms with Crippen molar-refractivity contribution < 1.29 is 36.6 Å². The monoisotopic (exact) mass is 457 g/mol. The van der Waals surface area contributed by atoms with Gasteiger partial charge >= 0.3 is 11.9 Å². The highest BCUT2D eigenvalue weighted by atomic mass is 35.5. The fourth-order valence-corrected chi connectivity index (χ4v) is 4.44. The van der Waals surface area contributed by atoms with Gasteiger partial charge in [-0.3, -0.25) is 0 Å². The Morgan fingerprint density at radius 3 is 2.50 bits per heavy atom. The fraction of sp³-hybridized carbons (Fsp3) is 0.368. The van der Waals surface area contributed by atoms with Gasteiger partial charge < -0.3 is 18.6 Å². The molecule has 162 valence electrons. The summed E-state index contributed by atoms with van der Waals surface area (Å²) in [6.45, 7) is 2.54. The lowest BCUT2D eigenvalue weighted by Crippen LogP contribution is -2.40. The molecule has 2 aromatic rings. The molecule has 1 saturated heterocycles. The second kappa shape index (κ2) is 9.61. The Kier molecular flexibility index (Phi) is 7.14. The average Bonchev–Trinajstić information content (AvgIpc) is 3.22. The largest absolute Gasteiger partial charge is 0.465 e. The topological polar surface area (TPSA) is 112 Å². The molecule has 3 rings (SSSR count). The molecule has 0 unspecified atom stereocenters. The maximum Gasteiger partial charge on any atom is 0.341 e. The summed E-state index contributed by atoms with van der Waals surface area (Å²) in [5.74, 6) is -1.35. The van der Waals surface area contributed by atoms with Gasteiger partial charge in [0.25, 0.3) is 0 Å². The predicted octanol–water partition coefficient (Wildman–Crippen LogP) is 2.49. The Morgan fingerprint density at radius 2 is 1.80 bits per heavy atom. The van der Waals surface area contributed by atoms with E-state index in [1.165, 1.54) is 34.8 Å². The van der Waals surface area contributed by atoms with Crippen molar-refractivity contribution in [3.63, 3.8) is 0 Å². The van der Waals surface area contributed by atoms with Crippen molar-refractivity contribution in [1.29, 1.82) is 0 Å². The van der Waals surface area contributed by atoms with E-state index in [9.17, 15) is 18.0 Å². The van der Waals surface area contributed by atoms with Crippen LogP contribution in [0.15, 0.2) is 39.8 Å². The third-order valence-electron chi connectivity index (χ3n) is 4.34. The lowest BCUT2D eigenvalue weighted by molar-refractivity contribution is 0.0422. The Morgan fingerprint density at radius 1 is 1.10 bits per heavy atom. The molecule has 1 aromatic carbocycles. The Hall–Kier alpha value is -2.40. The molecule has 0 radical (unpaired) electrons. The Bertz CT molecular complexity index is 1030. The van der Waals surface area contributed by atoms with Crippen molar-refractivity contribution in [3.05, 3.63) is 52.4 Å². The first-order valence-electron chi connectivity index (χ1n) is 9.12. The number of hydrogen-bond acceptors (Lipinski definition) is 8. The van der Waals surface area contributed by atoms with Gasteiger partial charge in [-0.05, 0) is 31.2 Å². The summed E-state index contributed by atoms with van der Waals surface area (Å²) in [7, 11) is -3.81. The minimum Gasteiger partial charge on any atom is -0.465 e. The van der Waals surface area contributed by atoms with Crippen molar-refractivity contribution in [2.24, 2.45) is 0 Å². The maximum atomic E-state index is 12.8. The quantitative estimate of drug-likeness (QED) is 0.583. The molecule has 0 N–H and O–H groups in total. The van der Waals surface area contributed by atoms with Crippen LogP contribution >= 0.6 is 11.6 Å². The molecule has 0 amide bonds. The molecule has 2 heterocycles. The first-order valence-corrected chi connectivity index (χ1v) is 10.9. The zero-order valence-corrected chi connectivity index (χ0v) is 17.7. The lowest BCUT2D eigenvalue weighted by atomic mass is 10.2. The molecule has 0 spiro atoms. The molecule has 0 bridgehead atoms. The molecule has 0 aliphatic carbocycles. The maximum absolute atomic E-state index is 12.8. The van der Waals surface area contributed by atoms with Gasteiger partial charge in [0.05, 0.1) is 41.6 Å². The second-order valence-corrected chi connectivity index (χ2v) is 8.56. The highest BCUT2D eigenvalue weighted by molar-refractivity contribution is 7.89. The molecule has 1 aromatic heterocycles. The highest BCUT2D eigenvalue weighted by Gasteiger charge is 2.28. The first kappa shape index (κ1) is 22.3. The van der Waals surface area contributed by atoms with E-state index in [1.807, 2.05) is 0 Å². The molecule has 11 heteroatoms. The molecule has 9 nitrogen and oxygen atoms in total. The van der Waals surface area contributed by atoms with Gasteiger partial charge in [-0.1, -0.05) is 11.6 Å². The smallest absolute Gasteiger partial charge is 0.341 e.